The summed E-state index contributed by atoms with van der Waals surface area (Å²) in [6.45, 7) is 1.59. The van der Waals surface area contributed by atoms with Crippen molar-refractivity contribution in [2.24, 2.45) is 5.10 Å². The molecule has 0 spiro atoms. The molecule has 9 heteroatoms. The predicted octanol–water partition coefficient (Wildman–Crippen LogP) is 5.89. The predicted molar refractivity (Wildman–Crippen MR) is 128 cm³/mol. The molecule has 0 saturated heterocycles. The van der Waals surface area contributed by atoms with Crippen LogP contribution in [0, 0.1) is 0 Å². The largest absolute Gasteiger partial charge is 0.481 e. The van der Waals surface area contributed by atoms with E-state index in [1.807, 2.05) is 0 Å². The number of hydrazone groups is 1. The van der Waals surface area contributed by atoms with Crippen molar-refractivity contribution in [3.05, 3.63) is 92.4 Å². The fourth-order valence-electron chi connectivity index (χ4n) is 2.51. The van der Waals surface area contributed by atoms with Crippen molar-refractivity contribution < 1.29 is 19.1 Å². The van der Waals surface area contributed by atoms with Gasteiger partial charge in [-0.1, -0.05) is 45.2 Å². The van der Waals surface area contributed by atoms with E-state index >= 15 is 0 Å². The van der Waals surface area contributed by atoms with Gasteiger partial charge in [-0.05, 0) is 67.6 Å². The third-order valence-electron chi connectivity index (χ3n) is 4.11. The Hall–Kier alpha value is -2.87. The van der Waals surface area contributed by atoms with Gasteiger partial charge in [0.2, 0.25) is 0 Å². The van der Waals surface area contributed by atoms with Crippen LogP contribution in [0.5, 0.6) is 11.5 Å². The number of nitrogens with zero attached hydrogens (tertiary/aromatic N) is 1. The molecular formula is C23H17BrCl2N2O4. The zero-order valence-corrected chi connectivity index (χ0v) is 19.8. The fraction of sp³-hybridized carbons (Fsp3) is 0.0870. The number of amides is 1. The molecule has 32 heavy (non-hydrogen) atoms. The van der Waals surface area contributed by atoms with Gasteiger partial charge in [0.1, 0.15) is 11.5 Å². The molecule has 164 valence electrons. The molecule has 0 aliphatic rings. The van der Waals surface area contributed by atoms with Gasteiger partial charge < -0.3 is 9.47 Å². The summed E-state index contributed by atoms with van der Waals surface area (Å²) in [5, 5.41) is 4.97. The number of carbonyl (C=O) groups is 2. The molecule has 0 saturated carbocycles. The maximum absolute atomic E-state index is 12.4. The Labute approximate surface area is 203 Å². The summed E-state index contributed by atoms with van der Waals surface area (Å²) in [5.41, 5.74) is 3.23. The lowest BCUT2D eigenvalue weighted by atomic mass is 10.2. The smallest absolute Gasteiger partial charge is 0.343 e. The minimum absolute atomic E-state index is 0.273. The quantitative estimate of drug-likeness (QED) is 0.177. The summed E-state index contributed by atoms with van der Waals surface area (Å²) in [5.74, 6) is -0.274. The number of halogens is 3. The lowest BCUT2D eigenvalue weighted by Gasteiger charge is -2.13. The summed E-state index contributed by atoms with van der Waals surface area (Å²) in [4.78, 5) is 24.7. The minimum Gasteiger partial charge on any atom is -0.481 e. The maximum atomic E-state index is 12.4. The first-order valence-corrected chi connectivity index (χ1v) is 10.9. The van der Waals surface area contributed by atoms with Crippen LogP contribution < -0.4 is 14.9 Å². The fourth-order valence-corrected chi connectivity index (χ4v) is 3.20. The standard InChI is InChI=1S/C23H17BrCl2N2O4/c1-14(31-20-4-2-3-19(26)12-20)22(29)28-27-13-16-11-17(24)7-10-21(16)32-23(30)15-5-8-18(25)9-6-15/h2-14H,1H3,(H,28,29)/b27-13-/t14-/m1/s1. The second kappa shape index (κ2) is 11.1. The van der Waals surface area contributed by atoms with Crippen molar-refractivity contribution in [1.29, 1.82) is 0 Å². The summed E-state index contributed by atoms with van der Waals surface area (Å²) < 4.78 is 11.8. The van der Waals surface area contributed by atoms with Crippen LogP contribution in [-0.2, 0) is 4.79 Å². The van der Waals surface area contributed by atoms with Gasteiger partial charge in [-0.3, -0.25) is 4.79 Å². The minimum atomic E-state index is -0.810. The number of hydrogen-bond acceptors (Lipinski definition) is 5. The molecule has 0 heterocycles. The van der Waals surface area contributed by atoms with Crippen molar-refractivity contribution in [2.75, 3.05) is 0 Å². The van der Waals surface area contributed by atoms with Gasteiger partial charge in [-0.25, -0.2) is 10.2 Å². The zero-order chi connectivity index (χ0) is 23.1. The van der Waals surface area contributed by atoms with E-state index in [1.54, 1.807) is 73.7 Å². The molecule has 0 fully saturated rings. The van der Waals surface area contributed by atoms with Gasteiger partial charge in [0.15, 0.2) is 6.10 Å². The first-order valence-electron chi connectivity index (χ1n) is 9.34. The van der Waals surface area contributed by atoms with Crippen LogP contribution in [0.2, 0.25) is 10.0 Å². The number of nitrogens with one attached hydrogen (secondary N) is 1. The van der Waals surface area contributed by atoms with E-state index < -0.39 is 18.0 Å². The van der Waals surface area contributed by atoms with Crippen LogP contribution in [0.25, 0.3) is 0 Å². The third-order valence-corrected chi connectivity index (χ3v) is 5.09. The Morgan fingerprint density at radius 1 is 1.03 bits per heavy atom. The van der Waals surface area contributed by atoms with E-state index in [2.05, 4.69) is 26.5 Å². The number of carbonyl (C=O) groups excluding carboxylic acids is 2. The molecule has 0 bridgehead atoms. The first kappa shape index (κ1) is 23.8. The molecule has 3 rings (SSSR count). The monoisotopic (exact) mass is 534 g/mol. The molecule has 3 aromatic rings. The molecule has 6 nitrogen and oxygen atoms in total. The highest BCUT2D eigenvalue weighted by Crippen LogP contribution is 2.23. The summed E-state index contributed by atoms with van der Waals surface area (Å²) >= 11 is 15.1. The SMILES string of the molecule is C[C@@H](Oc1cccc(Cl)c1)C(=O)N/N=C\c1cc(Br)ccc1OC(=O)c1ccc(Cl)cc1. The molecule has 1 amide bonds. The number of rotatable bonds is 7. The van der Waals surface area contributed by atoms with Crippen LogP contribution in [0.3, 0.4) is 0 Å². The molecule has 1 atom stereocenters. The summed E-state index contributed by atoms with van der Waals surface area (Å²) in [7, 11) is 0. The van der Waals surface area contributed by atoms with Crippen LogP contribution >= 0.6 is 39.1 Å². The topological polar surface area (TPSA) is 77.0 Å². The third kappa shape index (κ3) is 6.82. The van der Waals surface area contributed by atoms with Gasteiger partial charge in [0, 0.05) is 20.1 Å². The van der Waals surface area contributed by atoms with Gasteiger partial charge in [-0.2, -0.15) is 5.10 Å². The van der Waals surface area contributed by atoms with Crippen molar-refractivity contribution in [3.63, 3.8) is 0 Å². The first-order chi connectivity index (χ1) is 15.3. The van der Waals surface area contributed by atoms with Crippen LogP contribution in [0.1, 0.15) is 22.8 Å². The van der Waals surface area contributed by atoms with Crippen LogP contribution in [0.4, 0.5) is 0 Å². The van der Waals surface area contributed by atoms with Crippen molar-refractivity contribution in [1.82, 2.24) is 5.43 Å². The summed E-state index contributed by atoms with van der Waals surface area (Å²) in [6, 6.07) is 18.1. The highest BCUT2D eigenvalue weighted by molar-refractivity contribution is 9.10. The Bertz CT molecular complexity index is 1150. The molecule has 0 radical (unpaired) electrons. The van der Waals surface area contributed by atoms with E-state index in [-0.39, 0.29) is 5.75 Å². The van der Waals surface area contributed by atoms with Crippen molar-refractivity contribution in [3.8, 4) is 11.5 Å². The second-order valence-electron chi connectivity index (χ2n) is 6.53. The Morgan fingerprint density at radius 2 is 1.78 bits per heavy atom. The number of esters is 1. The molecule has 0 unspecified atom stereocenters. The average Bonchev–Trinajstić information content (AvgIpc) is 2.75. The Balaban J connectivity index is 1.65. The summed E-state index contributed by atoms with van der Waals surface area (Å²) in [6.07, 6.45) is 0.564. The van der Waals surface area contributed by atoms with E-state index in [1.165, 1.54) is 6.21 Å². The van der Waals surface area contributed by atoms with Gasteiger partial charge in [0.05, 0.1) is 11.8 Å². The lowest BCUT2D eigenvalue weighted by Crippen LogP contribution is -2.33. The van der Waals surface area contributed by atoms with Crippen LogP contribution in [-0.4, -0.2) is 24.2 Å². The zero-order valence-electron chi connectivity index (χ0n) is 16.7. The Morgan fingerprint density at radius 3 is 2.50 bits per heavy atom. The van der Waals surface area contributed by atoms with Gasteiger partial charge >= 0.3 is 5.97 Å². The lowest BCUT2D eigenvalue weighted by molar-refractivity contribution is -0.127. The highest BCUT2D eigenvalue weighted by Gasteiger charge is 2.15. The normalized spacial score (nSPS) is 11.8. The molecule has 1 N–H and O–H groups in total. The van der Waals surface area contributed by atoms with Gasteiger partial charge in [0.25, 0.3) is 5.91 Å². The van der Waals surface area contributed by atoms with Crippen molar-refractivity contribution in [2.45, 2.75) is 13.0 Å². The molecule has 0 aliphatic carbocycles. The Kier molecular flexibility index (Phi) is 8.27. The van der Waals surface area contributed by atoms with Crippen LogP contribution in [0.15, 0.2) is 76.3 Å². The second-order valence-corrected chi connectivity index (χ2v) is 8.32. The van der Waals surface area contributed by atoms with E-state index in [0.717, 1.165) is 4.47 Å². The highest BCUT2D eigenvalue weighted by atomic mass is 79.9. The van der Waals surface area contributed by atoms with Crippen molar-refractivity contribution >= 4 is 57.2 Å². The van der Waals surface area contributed by atoms with Gasteiger partial charge in [-0.15, -0.1) is 0 Å². The van der Waals surface area contributed by atoms with E-state index in [4.69, 9.17) is 32.7 Å². The molecule has 0 aliphatic heterocycles. The maximum Gasteiger partial charge on any atom is 0.343 e. The molecule has 0 aromatic heterocycles. The number of ether oxygens (including phenoxy) is 2. The molecule has 3 aromatic carbocycles. The average molecular weight is 536 g/mol. The molecular weight excluding hydrogens is 519 g/mol. The number of benzene rings is 3. The van der Waals surface area contributed by atoms with E-state index in [9.17, 15) is 9.59 Å². The van der Waals surface area contributed by atoms with E-state index in [0.29, 0.717) is 26.9 Å². The number of hydrogen-bond donors (Lipinski definition) is 1.